The summed E-state index contributed by atoms with van der Waals surface area (Å²) in [4.78, 5) is 0. The van der Waals surface area contributed by atoms with Gasteiger partial charge in [-0.15, -0.1) is 0 Å². The van der Waals surface area contributed by atoms with Crippen molar-refractivity contribution in [3.05, 3.63) is 40.1 Å². The van der Waals surface area contributed by atoms with Crippen molar-refractivity contribution in [1.29, 1.82) is 0 Å². The molecule has 0 unspecified atom stereocenters. The molecule has 1 aromatic heterocycles. The van der Waals surface area contributed by atoms with Crippen LogP contribution in [0.4, 0.5) is 0 Å². The predicted octanol–water partition coefficient (Wildman–Crippen LogP) is 2.85. The Hall–Kier alpha value is -1.72. The summed E-state index contributed by atoms with van der Waals surface area (Å²) in [6, 6.07) is 5.92. The Balaban J connectivity index is 2.24. The fraction of sp³-hybridized carbons (Fsp3) is 0.333. The maximum absolute atomic E-state index is 5.85. The van der Waals surface area contributed by atoms with Gasteiger partial charge in [-0.3, -0.25) is 0 Å². The number of rotatable bonds is 7. The van der Waals surface area contributed by atoms with Gasteiger partial charge in [0.2, 0.25) is 5.75 Å². The van der Waals surface area contributed by atoms with Gasteiger partial charge in [-0.25, -0.2) is 0 Å². The zero-order valence-electron chi connectivity index (χ0n) is 11.7. The van der Waals surface area contributed by atoms with Gasteiger partial charge in [0, 0.05) is 0 Å². The number of hydrogen-bond donors (Lipinski definition) is 1. The highest BCUT2D eigenvalue weighted by Crippen LogP contribution is 2.39. The van der Waals surface area contributed by atoms with Crippen LogP contribution in [-0.4, -0.2) is 20.8 Å². The van der Waals surface area contributed by atoms with Crippen LogP contribution in [0.1, 0.15) is 11.1 Å². The summed E-state index contributed by atoms with van der Waals surface area (Å²) in [6.07, 6.45) is 0.775. The van der Waals surface area contributed by atoms with Crippen LogP contribution in [0.25, 0.3) is 0 Å². The molecule has 0 saturated carbocycles. The topological polar surface area (TPSA) is 53.7 Å². The lowest BCUT2D eigenvalue weighted by Gasteiger charge is -2.15. The molecule has 2 rings (SSSR count). The molecular formula is C15H19NO3S. The zero-order chi connectivity index (χ0) is 14.4. The zero-order valence-corrected chi connectivity index (χ0v) is 12.5. The molecule has 0 aliphatic heterocycles. The van der Waals surface area contributed by atoms with Crippen LogP contribution in [0.3, 0.4) is 0 Å². The van der Waals surface area contributed by atoms with Crippen molar-refractivity contribution >= 4 is 11.3 Å². The molecule has 1 aromatic carbocycles. The highest BCUT2D eigenvalue weighted by molar-refractivity contribution is 7.07. The number of hydrogen-bond acceptors (Lipinski definition) is 5. The highest BCUT2D eigenvalue weighted by atomic mass is 32.1. The lowest BCUT2D eigenvalue weighted by atomic mass is 10.1. The van der Waals surface area contributed by atoms with E-state index in [1.54, 1.807) is 25.6 Å². The van der Waals surface area contributed by atoms with Crippen molar-refractivity contribution in [1.82, 2.24) is 0 Å². The van der Waals surface area contributed by atoms with Gasteiger partial charge >= 0.3 is 0 Å². The first kappa shape index (κ1) is 14.7. The minimum atomic E-state index is 0.493. The second-order valence-corrected chi connectivity index (χ2v) is 5.07. The van der Waals surface area contributed by atoms with Crippen molar-refractivity contribution in [2.45, 2.75) is 13.0 Å². The Morgan fingerprint density at radius 3 is 2.30 bits per heavy atom. The van der Waals surface area contributed by atoms with Crippen LogP contribution in [0.15, 0.2) is 29.0 Å². The van der Waals surface area contributed by atoms with Gasteiger partial charge in [0.15, 0.2) is 11.5 Å². The van der Waals surface area contributed by atoms with Crippen LogP contribution in [0, 0.1) is 0 Å². The third-order valence-electron chi connectivity index (χ3n) is 2.92. The number of methoxy groups -OCH3 is 2. The van der Waals surface area contributed by atoms with Gasteiger partial charge in [-0.1, -0.05) is 0 Å². The quantitative estimate of drug-likeness (QED) is 0.853. The van der Waals surface area contributed by atoms with Crippen LogP contribution in [0.2, 0.25) is 0 Å². The van der Waals surface area contributed by atoms with Crippen molar-refractivity contribution in [2.75, 3.05) is 20.8 Å². The first-order valence-corrected chi connectivity index (χ1v) is 7.31. The smallest absolute Gasteiger partial charge is 0.203 e. The summed E-state index contributed by atoms with van der Waals surface area (Å²) in [7, 11) is 3.25. The summed E-state index contributed by atoms with van der Waals surface area (Å²) < 4.78 is 16.7. The molecule has 108 valence electrons. The van der Waals surface area contributed by atoms with Crippen LogP contribution >= 0.6 is 11.3 Å². The Labute approximate surface area is 123 Å². The maximum atomic E-state index is 5.85. The van der Waals surface area contributed by atoms with Gasteiger partial charge in [0.25, 0.3) is 0 Å². The fourth-order valence-corrected chi connectivity index (χ4v) is 2.57. The number of thiophene rings is 1. The van der Waals surface area contributed by atoms with Gasteiger partial charge in [-0.2, -0.15) is 11.3 Å². The molecule has 0 radical (unpaired) electrons. The van der Waals surface area contributed by atoms with Crippen LogP contribution in [-0.2, 0) is 13.0 Å². The standard InChI is InChI=1S/C15H19NO3S/c1-17-13-7-11(3-5-16)8-14(18-2)15(13)19-9-12-4-6-20-10-12/h4,6-8,10H,3,5,9,16H2,1-2H3. The highest BCUT2D eigenvalue weighted by Gasteiger charge is 2.14. The second kappa shape index (κ2) is 7.17. The molecule has 0 spiro atoms. The van der Waals surface area contributed by atoms with E-state index in [0.717, 1.165) is 17.5 Å². The SMILES string of the molecule is COc1cc(CCN)cc(OC)c1OCc1ccsc1. The summed E-state index contributed by atoms with van der Waals surface area (Å²) in [5.41, 5.74) is 7.80. The van der Waals surface area contributed by atoms with Crippen molar-refractivity contribution in [2.24, 2.45) is 5.73 Å². The van der Waals surface area contributed by atoms with E-state index in [1.165, 1.54) is 0 Å². The number of ether oxygens (including phenoxy) is 3. The average molecular weight is 293 g/mol. The Kier molecular flexibility index (Phi) is 5.26. The summed E-state index contributed by atoms with van der Waals surface area (Å²) in [5, 5.41) is 4.08. The van der Waals surface area contributed by atoms with Gasteiger partial charge in [0.1, 0.15) is 6.61 Å². The van der Waals surface area contributed by atoms with E-state index >= 15 is 0 Å². The summed E-state index contributed by atoms with van der Waals surface area (Å²) in [5.74, 6) is 1.97. The van der Waals surface area contributed by atoms with Crippen molar-refractivity contribution in [3.63, 3.8) is 0 Å². The molecule has 0 saturated heterocycles. The molecule has 20 heavy (non-hydrogen) atoms. The minimum absolute atomic E-state index is 0.493. The van der Waals surface area contributed by atoms with Crippen molar-refractivity contribution in [3.8, 4) is 17.2 Å². The van der Waals surface area contributed by atoms with Crippen molar-refractivity contribution < 1.29 is 14.2 Å². The molecule has 0 aliphatic rings. The third kappa shape index (κ3) is 3.43. The van der Waals surface area contributed by atoms with E-state index in [1.807, 2.05) is 23.6 Å². The second-order valence-electron chi connectivity index (χ2n) is 4.29. The maximum Gasteiger partial charge on any atom is 0.203 e. The van der Waals surface area contributed by atoms with E-state index in [4.69, 9.17) is 19.9 Å². The van der Waals surface area contributed by atoms with E-state index in [9.17, 15) is 0 Å². The lowest BCUT2D eigenvalue weighted by Crippen LogP contribution is -2.05. The van der Waals surface area contributed by atoms with E-state index < -0.39 is 0 Å². The molecule has 2 N–H and O–H groups in total. The molecule has 4 nitrogen and oxygen atoms in total. The predicted molar refractivity (Wildman–Crippen MR) is 81.0 cm³/mol. The molecule has 5 heteroatoms. The molecule has 1 heterocycles. The van der Waals surface area contributed by atoms with E-state index in [2.05, 4.69) is 5.38 Å². The van der Waals surface area contributed by atoms with Gasteiger partial charge < -0.3 is 19.9 Å². The summed E-state index contributed by atoms with van der Waals surface area (Å²) >= 11 is 1.65. The molecule has 2 aromatic rings. The van der Waals surface area contributed by atoms with E-state index in [0.29, 0.717) is 30.4 Å². The third-order valence-corrected chi connectivity index (χ3v) is 3.65. The monoisotopic (exact) mass is 293 g/mol. The molecular weight excluding hydrogens is 274 g/mol. The Morgan fingerprint density at radius 2 is 1.80 bits per heavy atom. The largest absolute Gasteiger partial charge is 0.493 e. The first-order chi connectivity index (χ1) is 9.78. The first-order valence-electron chi connectivity index (χ1n) is 6.37. The molecule has 0 atom stereocenters. The van der Waals surface area contributed by atoms with Gasteiger partial charge in [0.05, 0.1) is 14.2 Å². The molecule has 0 amide bonds. The average Bonchev–Trinajstić information content (AvgIpc) is 2.98. The number of nitrogens with two attached hydrogens (primary N) is 1. The Bertz CT molecular complexity index is 515. The van der Waals surface area contributed by atoms with Gasteiger partial charge in [-0.05, 0) is 53.1 Å². The minimum Gasteiger partial charge on any atom is -0.493 e. The summed E-state index contributed by atoms with van der Waals surface area (Å²) in [6.45, 7) is 1.08. The molecule has 0 bridgehead atoms. The Morgan fingerprint density at radius 1 is 1.10 bits per heavy atom. The van der Waals surface area contributed by atoms with Crippen LogP contribution < -0.4 is 19.9 Å². The van der Waals surface area contributed by atoms with E-state index in [-0.39, 0.29) is 0 Å². The fourth-order valence-electron chi connectivity index (χ4n) is 1.92. The lowest BCUT2D eigenvalue weighted by molar-refractivity contribution is 0.266. The molecule has 0 aliphatic carbocycles. The van der Waals surface area contributed by atoms with Crippen LogP contribution in [0.5, 0.6) is 17.2 Å². The normalized spacial score (nSPS) is 10.3. The molecule has 0 fully saturated rings. The number of benzene rings is 1.